The summed E-state index contributed by atoms with van der Waals surface area (Å²) >= 11 is 5.68. The average molecular weight is 337 g/mol. The molecule has 0 aliphatic carbocycles. The van der Waals surface area contributed by atoms with Gasteiger partial charge in [0.25, 0.3) is 11.5 Å². The highest BCUT2D eigenvalue weighted by Gasteiger charge is 2.25. The molecule has 120 valence electrons. The second kappa shape index (κ2) is 6.37. The molecular formula is C15H14ClFN4O2. The van der Waals surface area contributed by atoms with Crippen LogP contribution in [0.15, 0.2) is 35.1 Å². The van der Waals surface area contributed by atoms with Crippen LogP contribution in [0.4, 0.5) is 10.1 Å². The summed E-state index contributed by atoms with van der Waals surface area (Å²) in [4.78, 5) is 25.0. The molecule has 8 heteroatoms. The number of anilines is 1. The SMILES string of the molecule is O=C(N[C@H]1CCN(c2ccc(Cl)c(F)c2)C1)c1ccc(=O)[nH]n1. The van der Waals surface area contributed by atoms with Gasteiger partial charge in [0.15, 0.2) is 0 Å². The Hall–Kier alpha value is -2.41. The molecule has 1 aromatic heterocycles. The van der Waals surface area contributed by atoms with E-state index >= 15 is 0 Å². The van der Waals surface area contributed by atoms with E-state index in [1.165, 1.54) is 24.3 Å². The molecule has 1 aliphatic rings. The van der Waals surface area contributed by atoms with Crippen molar-refractivity contribution in [2.75, 3.05) is 18.0 Å². The first-order chi connectivity index (χ1) is 11.0. The normalized spacial score (nSPS) is 17.3. The Kier molecular flexibility index (Phi) is 4.29. The van der Waals surface area contributed by atoms with E-state index < -0.39 is 5.82 Å². The van der Waals surface area contributed by atoms with E-state index in [0.29, 0.717) is 13.1 Å². The number of nitrogens with one attached hydrogen (secondary N) is 2. The number of amides is 1. The molecule has 1 fully saturated rings. The van der Waals surface area contributed by atoms with Gasteiger partial charge in [-0.3, -0.25) is 9.59 Å². The van der Waals surface area contributed by atoms with Crippen LogP contribution >= 0.6 is 11.6 Å². The van der Waals surface area contributed by atoms with Crippen molar-refractivity contribution >= 4 is 23.2 Å². The van der Waals surface area contributed by atoms with Gasteiger partial charge in [0.05, 0.1) is 5.02 Å². The summed E-state index contributed by atoms with van der Waals surface area (Å²) < 4.78 is 13.5. The van der Waals surface area contributed by atoms with Crippen molar-refractivity contribution in [2.24, 2.45) is 0 Å². The van der Waals surface area contributed by atoms with Gasteiger partial charge in [0.1, 0.15) is 11.5 Å². The lowest BCUT2D eigenvalue weighted by Crippen LogP contribution is -2.37. The Morgan fingerprint density at radius 3 is 2.91 bits per heavy atom. The minimum absolute atomic E-state index is 0.0741. The summed E-state index contributed by atoms with van der Waals surface area (Å²) in [5, 5.41) is 8.85. The zero-order valence-electron chi connectivity index (χ0n) is 12.1. The van der Waals surface area contributed by atoms with Crippen LogP contribution in [-0.2, 0) is 0 Å². The molecular weight excluding hydrogens is 323 g/mol. The van der Waals surface area contributed by atoms with Crippen LogP contribution < -0.4 is 15.8 Å². The Labute approximate surface area is 136 Å². The second-order valence-corrected chi connectivity index (χ2v) is 5.72. The summed E-state index contributed by atoms with van der Waals surface area (Å²) in [6.45, 7) is 1.27. The van der Waals surface area contributed by atoms with Gasteiger partial charge in [-0.1, -0.05) is 11.6 Å². The van der Waals surface area contributed by atoms with Gasteiger partial charge in [-0.2, -0.15) is 5.10 Å². The first-order valence-electron chi connectivity index (χ1n) is 7.09. The van der Waals surface area contributed by atoms with E-state index in [9.17, 15) is 14.0 Å². The lowest BCUT2D eigenvalue weighted by Gasteiger charge is -2.19. The Bertz CT molecular complexity index is 775. The summed E-state index contributed by atoms with van der Waals surface area (Å²) in [5.74, 6) is -0.815. The number of nitrogens with zero attached hydrogens (tertiary/aromatic N) is 2. The number of H-pyrrole nitrogens is 1. The third-order valence-corrected chi connectivity index (χ3v) is 4.01. The molecule has 3 rings (SSSR count). The molecule has 2 N–H and O–H groups in total. The molecule has 6 nitrogen and oxygen atoms in total. The smallest absolute Gasteiger partial charge is 0.271 e. The summed E-state index contributed by atoms with van der Waals surface area (Å²) in [6.07, 6.45) is 0.735. The minimum atomic E-state index is -0.464. The maximum atomic E-state index is 13.5. The number of hydrogen-bond donors (Lipinski definition) is 2. The number of carbonyl (C=O) groups excluding carboxylic acids is 1. The van der Waals surface area contributed by atoms with Crippen molar-refractivity contribution in [1.82, 2.24) is 15.5 Å². The number of halogens is 2. The van der Waals surface area contributed by atoms with Crippen molar-refractivity contribution < 1.29 is 9.18 Å². The first kappa shape index (κ1) is 15.5. The fraction of sp³-hybridized carbons (Fsp3) is 0.267. The van der Waals surface area contributed by atoms with Gasteiger partial charge in [0.2, 0.25) is 0 Å². The number of carbonyl (C=O) groups is 1. The predicted octanol–water partition coefficient (Wildman–Crippen LogP) is 1.57. The molecule has 1 aliphatic heterocycles. The fourth-order valence-electron chi connectivity index (χ4n) is 2.52. The highest BCUT2D eigenvalue weighted by atomic mass is 35.5. The monoisotopic (exact) mass is 336 g/mol. The summed E-state index contributed by atoms with van der Waals surface area (Å²) in [6, 6.07) is 7.20. The molecule has 0 saturated carbocycles. The van der Waals surface area contributed by atoms with Crippen LogP contribution in [0.25, 0.3) is 0 Å². The highest BCUT2D eigenvalue weighted by molar-refractivity contribution is 6.30. The van der Waals surface area contributed by atoms with E-state index in [2.05, 4.69) is 15.5 Å². The van der Waals surface area contributed by atoms with E-state index in [1.807, 2.05) is 4.90 Å². The van der Waals surface area contributed by atoms with Crippen molar-refractivity contribution in [3.63, 3.8) is 0 Å². The molecule has 23 heavy (non-hydrogen) atoms. The van der Waals surface area contributed by atoms with Gasteiger partial charge in [-0.05, 0) is 30.7 Å². The molecule has 0 spiro atoms. The van der Waals surface area contributed by atoms with E-state index in [0.717, 1.165) is 12.1 Å². The molecule has 0 radical (unpaired) electrons. The van der Waals surface area contributed by atoms with E-state index in [-0.39, 0.29) is 28.2 Å². The van der Waals surface area contributed by atoms with Crippen LogP contribution in [-0.4, -0.2) is 35.2 Å². The maximum Gasteiger partial charge on any atom is 0.271 e. The first-order valence-corrected chi connectivity index (χ1v) is 7.47. The second-order valence-electron chi connectivity index (χ2n) is 5.31. The number of hydrogen-bond acceptors (Lipinski definition) is 4. The predicted molar refractivity (Wildman–Crippen MR) is 84.4 cm³/mol. The Morgan fingerprint density at radius 1 is 1.39 bits per heavy atom. The van der Waals surface area contributed by atoms with E-state index in [4.69, 9.17) is 11.6 Å². The van der Waals surface area contributed by atoms with Crippen molar-refractivity contribution in [1.29, 1.82) is 0 Å². The van der Waals surface area contributed by atoms with Crippen LogP contribution in [0.2, 0.25) is 5.02 Å². The Balaban J connectivity index is 1.63. The zero-order valence-corrected chi connectivity index (χ0v) is 12.8. The standard InChI is InChI=1S/C15H14ClFN4O2/c16-11-2-1-10(7-12(11)17)21-6-5-9(8-21)18-15(23)13-3-4-14(22)20-19-13/h1-4,7,9H,5-6,8H2,(H,18,23)(H,20,22)/t9-/m0/s1. The topological polar surface area (TPSA) is 78.1 Å². The van der Waals surface area contributed by atoms with Gasteiger partial charge >= 0.3 is 0 Å². The lowest BCUT2D eigenvalue weighted by atomic mass is 10.2. The third kappa shape index (κ3) is 3.50. The van der Waals surface area contributed by atoms with Crippen LogP contribution in [0, 0.1) is 5.82 Å². The van der Waals surface area contributed by atoms with Crippen LogP contribution in [0.1, 0.15) is 16.9 Å². The molecule has 2 aromatic rings. The molecule has 1 aromatic carbocycles. The zero-order chi connectivity index (χ0) is 16.4. The van der Waals surface area contributed by atoms with Crippen LogP contribution in [0.3, 0.4) is 0 Å². The largest absolute Gasteiger partial charge is 0.369 e. The molecule has 1 amide bonds. The van der Waals surface area contributed by atoms with Gasteiger partial charge < -0.3 is 10.2 Å². The van der Waals surface area contributed by atoms with Crippen molar-refractivity contribution in [3.8, 4) is 0 Å². The number of benzene rings is 1. The molecule has 0 bridgehead atoms. The summed E-state index contributed by atoms with van der Waals surface area (Å²) in [5.41, 5.74) is 0.518. The molecule has 2 heterocycles. The third-order valence-electron chi connectivity index (χ3n) is 3.70. The molecule has 0 unspecified atom stereocenters. The summed E-state index contributed by atoms with van der Waals surface area (Å²) in [7, 11) is 0. The molecule has 1 saturated heterocycles. The van der Waals surface area contributed by atoms with E-state index in [1.54, 1.807) is 6.07 Å². The van der Waals surface area contributed by atoms with Crippen molar-refractivity contribution in [3.05, 3.63) is 57.2 Å². The quantitative estimate of drug-likeness (QED) is 0.892. The highest BCUT2D eigenvalue weighted by Crippen LogP contribution is 2.25. The number of rotatable bonds is 3. The Morgan fingerprint density at radius 2 is 2.22 bits per heavy atom. The van der Waals surface area contributed by atoms with Gasteiger partial charge in [-0.15, -0.1) is 0 Å². The van der Waals surface area contributed by atoms with Gasteiger partial charge in [0, 0.05) is 30.9 Å². The van der Waals surface area contributed by atoms with Crippen molar-refractivity contribution in [2.45, 2.75) is 12.5 Å². The number of aromatic amines is 1. The van der Waals surface area contributed by atoms with Crippen LogP contribution in [0.5, 0.6) is 0 Å². The number of aromatic nitrogens is 2. The lowest BCUT2D eigenvalue weighted by molar-refractivity contribution is 0.0934. The van der Waals surface area contributed by atoms with Gasteiger partial charge in [-0.25, -0.2) is 9.49 Å². The average Bonchev–Trinajstić information content (AvgIpc) is 2.99. The fourth-order valence-corrected chi connectivity index (χ4v) is 2.64. The minimum Gasteiger partial charge on any atom is -0.369 e. The molecule has 1 atom stereocenters. The maximum absolute atomic E-state index is 13.5.